The Kier molecular flexibility index (Phi) is 4.01. The van der Waals surface area contributed by atoms with Crippen molar-refractivity contribution in [2.75, 3.05) is 6.61 Å². The SMILES string of the molecule is CCOc1ccc(C2=CC(=Cc3cccnc3)C(=O)O2)cc1. The molecule has 2 heterocycles. The number of hydrogen-bond acceptors (Lipinski definition) is 4. The second-order valence-electron chi connectivity index (χ2n) is 4.74. The van der Waals surface area contributed by atoms with Crippen LogP contribution in [0.1, 0.15) is 18.1 Å². The molecule has 0 saturated heterocycles. The fourth-order valence-electron chi connectivity index (χ4n) is 2.15. The lowest BCUT2D eigenvalue weighted by atomic mass is 10.1. The molecule has 1 aliphatic rings. The Morgan fingerprint density at radius 1 is 1.23 bits per heavy atom. The van der Waals surface area contributed by atoms with Crippen molar-refractivity contribution in [3.8, 4) is 5.75 Å². The number of esters is 1. The van der Waals surface area contributed by atoms with Crippen LogP contribution in [0.15, 0.2) is 60.4 Å². The van der Waals surface area contributed by atoms with Crippen LogP contribution in [0.3, 0.4) is 0 Å². The summed E-state index contributed by atoms with van der Waals surface area (Å²) in [5.41, 5.74) is 2.21. The molecule has 0 atom stereocenters. The molecule has 0 saturated carbocycles. The summed E-state index contributed by atoms with van der Waals surface area (Å²) in [7, 11) is 0. The van der Waals surface area contributed by atoms with E-state index >= 15 is 0 Å². The third-order valence-corrected chi connectivity index (χ3v) is 3.18. The first kappa shape index (κ1) is 14.1. The van der Waals surface area contributed by atoms with Crippen LogP contribution in [0.4, 0.5) is 0 Å². The van der Waals surface area contributed by atoms with Crippen LogP contribution in [0.2, 0.25) is 0 Å². The summed E-state index contributed by atoms with van der Waals surface area (Å²) >= 11 is 0. The average molecular weight is 293 g/mol. The zero-order valence-corrected chi connectivity index (χ0v) is 12.2. The van der Waals surface area contributed by atoms with Crippen LogP contribution in [0, 0.1) is 0 Å². The van der Waals surface area contributed by atoms with Crippen molar-refractivity contribution in [2.45, 2.75) is 6.92 Å². The number of ether oxygens (including phenoxy) is 2. The molecule has 1 aromatic carbocycles. The minimum Gasteiger partial charge on any atom is -0.494 e. The zero-order valence-electron chi connectivity index (χ0n) is 12.2. The molecule has 3 rings (SSSR count). The van der Waals surface area contributed by atoms with Crippen LogP contribution >= 0.6 is 0 Å². The second kappa shape index (κ2) is 6.26. The highest BCUT2D eigenvalue weighted by molar-refractivity contribution is 6.05. The smallest absolute Gasteiger partial charge is 0.343 e. The Labute approximate surface area is 128 Å². The topological polar surface area (TPSA) is 48.4 Å². The first-order valence-corrected chi connectivity index (χ1v) is 7.05. The maximum Gasteiger partial charge on any atom is 0.343 e. The number of pyridine rings is 1. The van der Waals surface area contributed by atoms with Crippen molar-refractivity contribution in [3.63, 3.8) is 0 Å². The van der Waals surface area contributed by atoms with Gasteiger partial charge in [0.15, 0.2) is 0 Å². The number of carbonyl (C=O) groups excluding carboxylic acids is 1. The zero-order chi connectivity index (χ0) is 15.4. The van der Waals surface area contributed by atoms with Gasteiger partial charge in [0.05, 0.1) is 12.2 Å². The quantitative estimate of drug-likeness (QED) is 0.640. The standard InChI is InChI=1S/C18H15NO3/c1-2-21-16-7-5-14(6-8-16)17-11-15(18(20)22-17)10-13-4-3-9-19-12-13/h3-12H,2H2,1H3. The van der Waals surface area contributed by atoms with E-state index in [1.165, 1.54) is 0 Å². The number of carbonyl (C=O) groups is 1. The molecule has 0 fully saturated rings. The molecular formula is C18H15NO3. The molecule has 22 heavy (non-hydrogen) atoms. The van der Waals surface area contributed by atoms with Crippen LogP contribution in [0.25, 0.3) is 11.8 Å². The molecule has 0 radical (unpaired) electrons. The first-order chi connectivity index (χ1) is 10.8. The van der Waals surface area contributed by atoms with Gasteiger partial charge in [-0.3, -0.25) is 4.98 Å². The average Bonchev–Trinajstić information content (AvgIpc) is 2.90. The van der Waals surface area contributed by atoms with Gasteiger partial charge in [-0.2, -0.15) is 0 Å². The Morgan fingerprint density at radius 2 is 2.05 bits per heavy atom. The van der Waals surface area contributed by atoms with Gasteiger partial charge < -0.3 is 9.47 Å². The molecule has 1 aliphatic heterocycles. The van der Waals surface area contributed by atoms with E-state index in [9.17, 15) is 4.79 Å². The van der Waals surface area contributed by atoms with Crippen molar-refractivity contribution in [1.29, 1.82) is 0 Å². The summed E-state index contributed by atoms with van der Waals surface area (Å²) in [6.45, 7) is 2.56. The van der Waals surface area contributed by atoms with Crippen LogP contribution in [0.5, 0.6) is 5.75 Å². The molecule has 4 nitrogen and oxygen atoms in total. The molecule has 2 aromatic rings. The number of hydrogen-bond donors (Lipinski definition) is 0. The molecule has 0 N–H and O–H groups in total. The highest BCUT2D eigenvalue weighted by atomic mass is 16.5. The van der Waals surface area contributed by atoms with E-state index in [2.05, 4.69) is 4.98 Å². The van der Waals surface area contributed by atoms with Crippen molar-refractivity contribution in [1.82, 2.24) is 4.98 Å². The molecule has 4 heteroatoms. The molecule has 0 bridgehead atoms. The van der Waals surface area contributed by atoms with E-state index in [0.29, 0.717) is 17.9 Å². The molecule has 0 spiro atoms. The van der Waals surface area contributed by atoms with Gasteiger partial charge in [0.1, 0.15) is 11.5 Å². The summed E-state index contributed by atoms with van der Waals surface area (Å²) in [5, 5.41) is 0. The van der Waals surface area contributed by atoms with E-state index < -0.39 is 0 Å². The lowest BCUT2D eigenvalue weighted by Gasteiger charge is -2.05. The van der Waals surface area contributed by atoms with E-state index in [1.54, 1.807) is 24.5 Å². The van der Waals surface area contributed by atoms with Gasteiger partial charge >= 0.3 is 5.97 Å². The van der Waals surface area contributed by atoms with E-state index in [0.717, 1.165) is 16.9 Å². The fraction of sp³-hybridized carbons (Fsp3) is 0.111. The molecule has 0 amide bonds. The van der Waals surface area contributed by atoms with E-state index in [1.807, 2.05) is 43.3 Å². The first-order valence-electron chi connectivity index (χ1n) is 7.05. The highest BCUT2D eigenvalue weighted by Crippen LogP contribution is 2.28. The van der Waals surface area contributed by atoms with E-state index in [-0.39, 0.29) is 5.97 Å². The van der Waals surface area contributed by atoms with Crippen molar-refractivity contribution >= 4 is 17.8 Å². The predicted molar refractivity (Wildman–Crippen MR) is 83.9 cm³/mol. The predicted octanol–water partition coefficient (Wildman–Crippen LogP) is 3.46. The summed E-state index contributed by atoms with van der Waals surface area (Å²) in [4.78, 5) is 16.0. The van der Waals surface area contributed by atoms with Gasteiger partial charge in [0.25, 0.3) is 0 Å². The molecular weight excluding hydrogens is 278 g/mol. The number of aromatic nitrogens is 1. The summed E-state index contributed by atoms with van der Waals surface area (Å²) in [5.74, 6) is 0.984. The minimum atomic E-state index is -0.354. The highest BCUT2D eigenvalue weighted by Gasteiger charge is 2.21. The summed E-state index contributed by atoms with van der Waals surface area (Å²) in [6.07, 6.45) is 6.89. The minimum absolute atomic E-state index is 0.354. The Morgan fingerprint density at radius 3 is 2.73 bits per heavy atom. The van der Waals surface area contributed by atoms with Gasteiger partial charge in [-0.1, -0.05) is 6.07 Å². The summed E-state index contributed by atoms with van der Waals surface area (Å²) < 4.78 is 10.7. The Bertz CT molecular complexity index is 731. The monoisotopic (exact) mass is 293 g/mol. The molecule has 0 unspecified atom stereocenters. The van der Waals surface area contributed by atoms with Crippen LogP contribution in [-0.4, -0.2) is 17.6 Å². The van der Waals surface area contributed by atoms with Gasteiger partial charge in [0.2, 0.25) is 0 Å². The number of rotatable bonds is 4. The molecule has 0 aliphatic carbocycles. The third-order valence-electron chi connectivity index (χ3n) is 3.18. The van der Waals surface area contributed by atoms with Crippen molar-refractivity contribution < 1.29 is 14.3 Å². The maximum atomic E-state index is 11.9. The van der Waals surface area contributed by atoms with Crippen molar-refractivity contribution in [2.24, 2.45) is 0 Å². The van der Waals surface area contributed by atoms with Crippen molar-refractivity contribution in [3.05, 3.63) is 71.6 Å². The van der Waals surface area contributed by atoms with Crippen LogP contribution < -0.4 is 4.74 Å². The fourth-order valence-corrected chi connectivity index (χ4v) is 2.15. The summed E-state index contributed by atoms with van der Waals surface area (Å²) in [6, 6.07) is 11.2. The van der Waals surface area contributed by atoms with E-state index in [4.69, 9.17) is 9.47 Å². The lowest BCUT2D eigenvalue weighted by molar-refractivity contribution is -0.130. The third kappa shape index (κ3) is 3.06. The maximum absolute atomic E-state index is 11.9. The lowest BCUT2D eigenvalue weighted by Crippen LogP contribution is -1.97. The van der Waals surface area contributed by atoms with Gasteiger partial charge in [-0.15, -0.1) is 0 Å². The number of benzene rings is 1. The van der Waals surface area contributed by atoms with Gasteiger partial charge in [-0.05, 0) is 55.0 Å². The second-order valence-corrected chi connectivity index (χ2v) is 4.74. The normalized spacial score (nSPS) is 15.6. The van der Waals surface area contributed by atoms with Gasteiger partial charge in [0, 0.05) is 18.0 Å². The molecule has 110 valence electrons. The molecule has 1 aromatic heterocycles. The number of cyclic esters (lactones) is 1. The van der Waals surface area contributed by atoms with Crippen LogP contribution in [-0.2, 0) is 9.53 Å². The van der Waals surface area contributed by atoms with Gasteiger partial charge in [-0.25, -0.2) is 4.79 Å². The largest absolute Gasteiger partial charge is 0.494 e. The Balaban J connectivity index is 1.85. The number of nitrogens with zero attached hydrogens (tertiary/aromatic N) is 1. The Hall–Kier alpha value is -2.88.